The Kier molecular flexibility index (Phi) is 4.38. The second kappa shape index (κ2) is 5.81. The average Bonchev–Trinajstić information content (AvgIpc) is 3.03. The van der Waals surface area contributed by atoms with Crippen molar-refractivity contribution < 1.29 is 4.79 Å². The lowest BCUT2D eigenvalue weighted by molar-refractivity contribution is -0.121. The zero-order chi connectivity index (χ0) is 12.1. The third-order valence-corrected chi connectivity index (χ3v) is 4.51. The van der Waals surface area contributed by atoms with Crippen molar-refractivity contribution in [3.05, 3.63) is 12.7 Å². The lowest BCUT2D eigenvalue weighted by atomic mass is 9.90. The van der Waals surface area contributed by atoms with Crippen LogP contribution in [0.5, 0.6) is 0 Å². The molecule has 0 aromatic rings. The molecule has 1 unspecified atom stereocenters. The van der Waals surface area contributed by atoms with Crippen LogP contribution in [0.2, 0.25) is 0 Å². The molecule has 0 bridgehead atoms. The highest BCUT2D eigenvalue weighted by Gasteiger charge is 2.56. The van der Waals surface area contributed by atoms with Gasteiger partial charge in [0.15, 0.2) is 0 Å². The molecule has 0 aromatic carbocycles. The van der Waals surface area contributed by atoms with E-state index in [0.29, 0.717) is 17.1 Å². The number of hydrogen-bond acceptors (Lipinski definition) is 2. The van der Waals surface area contributed by atoms with E-state index in [1.54, 1.807) is 0 Å². The van der Waals surface area contributed by atoms with Crippen LogP contribution >= 0.6 is 0 Å². The zero-order valence-electron chi connectivity index (χ0n) is 10.8. The summed E-state index contributed by atoms with van der Waals surface area (Å²) in [6.45, 7) is 5.94. The topological polar surface area (TPSA) is 29.1 Å². The molecule has 2 nitrogen and oxygen atoms in total. The Labute approximate surface area is 105 Å². The zero-order valence-corrected chi connectivity index (χ0v) is 10.8. The summed E-state index contributed by atoms with van der Waals surface area (Å²) < 4.78 is 0. The maximum absolute atomic E-state index is 12.1. The van der Waals surface area contributed by atoms with Crippen molar-refractivity contribution in [3.8, 4) is 0 Å². The van der Waals surface area contributed by atoms with Gasteiger partial charge in [-0.1, -0.05) is 12.5 Å². The molecule has 1 aliphatic heterocycles. The smallest absolute Gasteiger partial charge is 0.136 e. The number of carbonyl (C=O) groups excluding carboxylic acids is 1. The molecule has 2 heteroatoms. The summed E-state index contributed by atoms with van der Waals surface area (Å²) in [5.74, 6) is 0.967. The number of piperidine rings is 1. The fourth-order valence-electron chi connectivity index (χ4n) is 3.22. The van der Waals surface area contributed by atoms with Gasteiger partial charge >= 0.3 is 0 Å². The van der Waals surface area contributed by atoms with Crippen molar-refractivity contribution in [3.63, 3.8) is 0 Å². The summed E-state index contributed by atoms with van der Waals surface area (Å²) in [6.07, 6.45) is 10.9. The maximum atomic E-state index is 12.1. The first kappa shape index (κ1) is 12.8. The van der Waals surface area contributed by atoms with Gasteiger partial charge in [0.25, 0.3) is 0 Å². The highest BCUT2D eigenvalue weighted by Crippen LogP contribution is 2.59. The predicted octanol–water partition coefficient (Wildman–Crippen LogP) is 3.08. The van der Waals surface area contributed by atoms with Crippen LogP contribution in [-0.4, -0.2) is 18.9 Å². The van der Waals surface area contributed by atoms with Gasteiger partial charge in [-0.3, -0.25) is 4.79 Å². The summed E-state index contributed by atoms with van der Waals surface area (Å²) in [6, 6.07) is 0. The second-order valence-electron chi connectivity index (χ2n) is 5.72. The number of carbonyl (C=O) groups is 1. The first-order valence-electron chi connectivity index (χ1n) is 7.13. The Bertz CT molecular complexity index is 279. The van der Waals surface area contributed by atoms with E-state index in [-0.39, 0.29) is 0 Å². The molecule has 1 saturated heterocycles. The van der Waals surface area contributed by atoms with Crippen molar-refractivity contribution in [2.45, 2.75) is 51.4 Å². The average molecular weight is 235 g/mol. The van der Waals surface area contributed by atoms with E-state index in [1.165, 1.54) is 32.1 Å². The third kappa shape index (κ3) is 3.19. The van der Waals surface area contributed by atoms with Gasteiger partial charge in [-0.15, -0.1) is 6.58 Å². The van der Waals surface area contributed by atoms with Crippen LogP contribution in [-0.2, 0) is 4.79 Å². The lowest BCUT2D eigenvalue weighted by Gasteiger charge is -2.23. The van der Waals surface area contributed by atoms with Crippen molar-refractivity contribution in [1.29, 1.82) is 0 Å². The lowest BCUT2D eigenvalue weighted by Crippen LogP contribution is -2.30. The maximum Gasteiger partial charge on any atom is 0.136 e. The molecule has 96 valence electrons. The van der Waals surface area contributed by atoms with Crippen LogP contribution < -0.4 is 5.32 Å². The minimum atomic E-state index is 0.420. The van der Waals surface area contributed by atoms with Gasteiger partial charge in [0.1, 0.15) is 5.78 Å². The molecule has 1 spiro atoms. The van der Waals surface area contributed by atoms with E-state index >= 15 is 0 Å². The normalized spacial score (nSPS) is 25.8. The summed E-state index contributed by atoms with van der Waals surface area (Å²) in [7, 11) is 0. The molecular formula is C15H25NO. The molecule has 1 N–H and O–H groups in total. The number of hydrogen-bond donors (Lipinski definition) is 1. The second-order valence-corrected chi connectivity index (χ2v) is 5.72. The van der Waals surface area contributed by atoms with Crippen molar-refractivity contribution in [1.82, 2.24) is 5.32 Å². The monoisotopic (exact) mass is 235 g/mol. The van der Waals surface area contributed by atoms with Gasteiger partial charge in [0.2, 0.25) is 0 Å². The van der Waals surface area contributed by atoms with Crippen molar-refractivity contribution in [2.24, 2.45) is 11.3 Å². The quantitative estimate of drug-likeness (QED) is 0.543. The van der Waals surface area contributed by atoms with E-state index in [9.17, 15) is 4.79 Å². The molecule has 0 aromatic heterocycles. The molecule has 1 atom stereocenters. The number of nitrogens with one attached hydrogen (secondary N) is 1. The molecule has 1 heterocycles. The summed E-state index contributed by atoms with van der Waals surface area (Å²) >= 11 is 0. The molecule has 2 aliphatic rings. The Morgan fingerprint density at radius 2 is 2.06 bits per heavy atom. The summed E-state index contributed by atoms with van der Waals surface area (Å²) in [4.78, 5) is 12.1. The fraction of sp³-hybridized carbons (Fsp3) is 0.800. The van der Waals surface area contributed by atoms with Gasteiger partial charge in [-0.2, -0.15) is 0 Å². The van der Waals surface area contributed by atoms with Gasteiger partial charge in [-0.25, -0.2) is 0 Å². The predicted molar refractivity (Wildman–Crippen MR) is 70.9 cm³/mol. The number of allylic oxidation sites excluding steroid dienone is 1. The summed E-state index contributed by atoms with van der Waals surface area (Å²) in [5, 5.41) is 3.39. The number of Topliss-reactive ketones (excluding diaryl/α,β-unsaturated/α-hetero) is 1. The standard InChI is InChI=1S/C15H25NO/c1-2-3-4-5-6-7-14(17)13-12-15(13)8-10-16-11-9-15/h2,13,16H,1,3-12H2. The fourth-order valence-corrected chi connectivity index (χ4v) is 3.22. The highest BCUT2D eigenvalue weighted by molar-refractivity contribution is 5.84. The molecular weight excluding hydrogens is 210 g/mol. The minimum Gasteiger partial charge on any atom is -0.317 e. The SMILES string of the molecule is C=CCCCCCC(=O)C1CC12CCNCC2. The Hall–Kier alpha value is -0.630. The third-order valence-electron chi connectivity index (χ3n) is 4.51. The first-order chi connectivity index (χ1) is 8.28. The van der Waals surface area contributed by atoms with Gasteiger partial charge in [-0.05, 0) is 57.0 Å². The van der Waals surface area contributed by atoms with Crippen LogP contribution in [0.25, 0.3) is 0 Å². The molecule has 2 fully saturated rings. The number of rotatable bonds is 7. The van der Waals surface area contributed by atoms with E-state index < -0.39 is 0 Å². The largest absolute Gasteiger partial charge is 0.317 e. The van der Waals surface area contributed by atoms with Crippen LogP contribution in [0.1, 0.15) is 51.4 Å². The first-order valence-corrected chi connectivity index (χ1v) is 7.13. The van der Waals surface area contributed by atoms with E-state index in [2.05, 4.69) is 11.9 Å². The van der Waals surface area contributed by atoms with Crippen LogP contribution in [0, 0.1) is 11.3 Å². The van der Waals surface area contributed by atoms with Crippen molar-refractivity contribution in [2.75, 3.05) is 13.1 Å². The van der Waals surface area contributed by atoms with Crippen LogP contribution in [0.15, 0.2) is 12.7 Å². The molecule has 1 saturated carbocycles. The van der Waals surface area contributed by atoms with Crippen LogP contribution in [0.4, 0.5) is 0 Å². The highest BCUT2D eigenvalue weighted by atomic mass is 16.1. The van der Waals surface area contributed by atoms with Gasteiger partial charge < -0.3 is 5.32 Å². The van der Waals surface area contributed by atoms with E-state index in [0.717, 1.165) is 32.4 Å². The molecule has 0 amide bonds. The van der Waals surface area contributed by atoms with E-state index in [4.69, 9.17) is 0 Å². The van der Waals surface area contributed by atoms with Gasteiger partial charge in [0, 0.05) is 12.3 Å². The number of ketones is 1. The molecule has 17 heavy (non-hydrogen) atoms. The summed E-state index contributed by atoms with van der Waals surface area (Å²) in [5.41, 5.74) is 0.434. The molecule has 2 rings (SSSR count). The Morgan fingerprint density at radius 3 is 2.76 bits per heavy atom. The van der Waals surface area contributed by atoms with E-state index in [1.807, 2.05) is 6.08 Å². The number of unbranched alkanes of at least 4 members (excludes halogenated alkanes) is 3. The Balaban J connectivity index is 1.63. The molecule has 0 radical (unpaired) electrons. The van der Waals surface area contributed by atoms with Gasteiger partial charge in [0.05, 0.1) is 0 Å². The van der Waals surface area contributed by atoms with Crippen molar-refractivity contribution >= 4 is 5.78 Å². The Morgan fingerprint density at radius 1 is 1.29 bits per heavy atom. The molecule has 1 aliphatic carbocycles. The minimum absolute atomic E-state index is 0.420. The van der Waals surface area contributed by atoms with Crippen LogP contribution in [0.3, 0.4) is 0 Å².